The van der Waals surface area contributed by atoms with Gasteiger partial charge in [0.05, 0.1) is 7.11 Å². The summed E-state index contributed by atoms with van der Waals surface area (Å²) >= 11 is 0. The lowest BCUT2D eigenvalue weighted by atomic mass is 9.97. The van der Waals surface area contributed by atoms with Crippen LogP contribution >= 0.6 is 0 Å². The van der Waals surface area contributed by atoms with E-state index >= 15 is 0 Å². The molecule has 0 aromatic rings. The Labute approximate surface area is 66.7 Å². The molecule has 0 aromatic carbocycles. The molecule has 0 spiro atoms. The van der Waals surface area contributed by atoms with Crippen molar-refractivity contribution in [3.05, 3.63) is 0 Å². The van der Waals surface area contributed by atoms with E-state index in [9.17, 15) is 4.79 Å². The summed E-state index contributed by atoms with van der Waals surface area (Å²) in [5.41, 5.74) is -0.616. The Kier molecular flexibility index (Phi) is 2.49. The number of ether oxygens (including phenoxy) is 2. The Bertz CT molecular complexity index is 147. The van der Waals surface area contributed by atoms with Crippen molar-refractivity contribution in [1.29, 1.82) is 0 Å². The molecule has 1 saturated heterocycles. The molecule has 1 rings (SSSR count). The average molecular weight is 158 g/mol. The van der Waals surface area contributed by atoms with Crippen molar-refractivity contribution in [2.24, 2.45) is 0 Å². The van der Waals surface area contributed by atoms with Crippen molar-refractivity contribution in [3.8, 4) is 0 Å². The van der Waals surface area contributed by atoms with E-state index < -0.39 is 5.60 Å². The fourth-order valence-electron chi connectivity index (χ4n) is 1.47. The summed E-state index contributed by atoms with van der Waals surface area (Å²) < 4.78 is 10.0. The molecule has 0 amide bonds. The number of hydrogen-bond acceptors (Lipinski definition) is 3. The van der Waals surface area contributed by atoms with Crippen molar-refractivity contribution in [2.75, 3.05) is 13.7 Å². The first-order chi connectivity index (χ1) is 5.25. The van der Waals surface area contributed by atoms with Crippen molar-refractivity contribution in [2.45, 2.75) is 31.8 Å². The minimum atomic E-state index is -0.616. The predicted molar refractivity (Wildman–Crippen MR) is 40.2 cm³/mol. The smallest absolute Gasteiger partial charge is 0.338 e. The quantitative estimate of drug-likeness (QED) is 0.565. The maximum Gasteiger partial charge on any atom is 0.338 e. The first kappa shape index (κ1) is 8.53. The number of rotatable bonds is 2. The van der Waals surface area contributed by atoms with Crippen LogP contribution in [0.2, 0.25) is 0 Å². The summed E-state index contributed by atoms with van der Waals surface area (Å²) in [6.07, 6.45) is 2.47. The number of methoxy groups -OCH3 is 1. The normalized spacial score (nSPS) is 30.4. The summed E-state index contributed by atoms with van der Waals surface area (Å²) in [5.74, 6) is -0.225. The van der Waals surface area contributed by atoms with Crippen LogP contribution in [0, 0.1) is 0 Å². The van der Waals surface area contributed by atoms with Crippen LogP contribution in [0.25, 0.3) is 0 Å². The van der Waals surface area contributed by atoms with Gasteiger partial charge in [0.1, 0.15) is 0 Å². The highest BCUT2D eigenvalue weighted by atomic mass is 16.6. The van der Waals surface area contributed by atoms with Crippen LogP contribution in [0.1, 0.15) is 26.2 Å². The third-order valence-electron chi connectivity index (χ3n) is 2.23. The number of carbonyl (C=O) groups excluding carboxylic acids is 1. The van der Waals surface area contributed by atoms with E-state index in [-0.39, 0.29) is 5.97 Å². The second-order valence-corrected chi connectivity index (χ2v) is 2.79. The van der Waals surface area contributed by atoms with E-state index in [2.05, 4.69) is 4.74 Å². The number of hydrogen-bond donors (Lipinski definition) is 0. The molecule has 1 aliphatic rings. The van der Waals surface area contributed by atoms with Crippen molar-refractivity contribution >= 4 is 5.97 Å². The van der Waals surface area contributed by atoms with Gasteiger partial charge in [-0.2, -0.15) is 0 Å². The van der Waals surface area contributed by atoms with E-state index in [4.69, 9.17) is 4.74 Å². The molecule has 0 aromatic heterocycles. The molecule has 1 atom stereocenters. The van der Waals surface area contributed by atoms with Crippen LogP contribution in [-0.4, -0.2) is 25.3 Å². The van der Waals surface area contributed by atoms with E-state index in [1.54, 1.807) is 0 Å². The van der Waals surface area contributed by atoms with E-state index in [0.29, 0.717) is 13.0 Å². The highest BCUT2D eigenvalue weighted by Gasteiger charge is 2.41. The molecule has 3 nitrogen and oxygen atoms in total. The van der Waals surface area contributed by atoms with Crippen molar-refractivity contribution in [1.82, 2.24) is 0 Å². The Morgan fingerprint density at radius 2 is 2.45 bits per heavy atom. The maximum absolute atomic E-state index is 11.2. The molecule has 64 valence electrons. The van der Waals surface area contributed by atoms with Crippen LogP contribution in [0.15, 0.2) is 0 Å². The molecule has 0 N–H and O–H groups in total. The van der Waals surface area contributed by atoms with E-state index in [0.717, 1.165) is 12.8 Å². The minimum Gasteiger partial charge on any atom is -0.467 e. The molecule has 0 radical (unpaired) electrons. The largest absolute Gasteiger partial charge is 0.467 e. The zero-order valence-corrected chi connectivity index (χ0v) is 7.05. The topological polar surface area (TPSA) is 35.5 Å². The van der Waals surface area contributed by atoms with Gasteiger partial charge in [-0.1, -0.05) is 6.92 Å². The van der Waals surface area contributed by atoms with Gasteiger partial charge >= 0.3 is 5.97 Å². The Balaban J connectivity index is 2.66. The van der Waals surface area contributed by atoms with Gasteiger partial charge in [-0.3, -0.25) is 0 Å². The van der Waals surface area contributed by atoms with Gasteiger partial charge in [0.2, 0.25) is 0 Å². The maximum atomic E-state index is 11.2. The molecule has 0 aliphatic carbocycles. The Morgan fingerprint density at radius 3 is 2.82 bits per heavy atom. The van der Waals surface area contributed by atoms with Gasteiger partial charge in [-0.05, 0) is 19.3 Å². The van der Waals surface area contributed by atoms with Crippen molar-refractivity contribution < 1.29 is 14.3 Å². The summed E-state index contributed by atoms with van der Waals surface area (Å²) in [4.78, 5) is 11.2. The molecule has 1 heterocycles. The third kappa shape index (κ3) is 1.38. The molecule has 1 unspecified atom stereocenters. The highest BCUT2D eigenvalue weighted by molar-refractivity contribution is 5.79. The van der Waals surface area contributed by atoms with Crippen LogP contribution in [-0.2, 0) is 14.3 Å². The summed E-state index contributed by atoms with van der Waals surface area (Å²) in [6, 6.07) is 0. The van der Waals surface area contributed by atoms with Gasteiger partial charge in [0, 0.05) is 6.61 Å². The summed E-state index contributed by atoms with van der Waals surface area (Å²) in [5, 5.41) is 0. The molecule has 0 saturated carbocycles. The monoisotopic (exact) mass is 158 g/mol. The lowest BCUT2D eigenvalue weighted by Crippen LogP contribution is -2.38. The fraction of sp³-hybridized carbons (Fsp3) is 0.875. The lowest BCUT2D eigenvalue weighted by molar-refractivity contribution is -0.164. The van der Waals surface area contributed by atoms with Crippen LogP contribution in [0.3, 0.4) is 0 Å². The van der Waals surface area contributed by atoms with E-state index in [1.165, 1.54) is 7.11 Å². The van der Waals surface area contributed by atoms with Crippen LogP contribution in [0.4, 0.5) is 0 Å². The minimum absolute atomic E-state index is 0.225. The zero-order valence-electron chi connectivity index (χ0n) is 7.05. The van der Waals surface area contributed by atoms with Crippen LogP contribution in [0.5, 0.6) is 0 Å². The number of carbonyl (C=O) groups is 1. The van der Waals surface area contributed by atoms with Gasteiger partial charge in [-0.15, -0.1) is 0 Å². The molecular formula is C8H14O3. The second kappa shape index (κ2) is 3.22. The lowest BCUT2D eigenvalue weighted by Gasteiger charge is -2.22. The highest BCUT2D eigenvalue weighted by Crippen LogP contribution is 2.29. The molecule has 1 fully saturated rings. The molecular weight excluding hydrogens is 144 g/mol. The predicted octanol–water partition coefficient (Wildman–Crippen LogP) is 1.12. The Morgan fingerprint density at radius 1 is 1.73 bits per heavy atom. The molecule has 3 heteroatoms. The zero-order chi connectivity index (χ0) is 8.32. The van der Waals surface area contributed by atoms with Gasteiger partial charge in [0.25, 0.3) is 0 Å². The first-order valence-corrected chi connectivity index (χ1v) is 3.97. The molecule has 1 aliphatic heterocycles. The molecule has 11 heavy (non-hydrogen) atoms. The standard InChI is InChI=1S/C8H14O3/c1-3-8(7(9)10-2)5-4-6-11-8/h3-6H2,1-2H3. The van der Waals surface area contributed by atoms with Gasteiger partial charge in [-0.25, -0.2) is 4.79 Å². The van der Waals surface area contributed by atoms with Crippen molar-refractivity contribution in [3.63, 3.8) is 0 Å². The second-order valence-electron chi connectivity index (χ2n) is 2.79. The van der Waals surface area contributed by atoms with Gasteiger partial charge < -0.3 is 9.47 Å². The fourth-order valence-corrected chi connectivity index (χ4v) is 1.47. The van der Waals surface area contributed by atoms with E-state index in [1.807, 2.05) is 6.92 Å². The first-order valence-electron chi connectivity index (χ1n) is 3.97. The summed E-state index contributed by atoms with van der Waals surface area (Å²) in [7, 11) is 1.40. The SMILES string of the molecule is CCC1(C(=O)OC)CCCO1. The number of esters is 1. The average Bonchev–Trinajstić information content (AvgIpc) is 2.52. The van der Waals surface area contributed by atoms with Crippen LogP contribution < -0.4 is 0 Å². The molecule has 0 bridgehead atoms. The van der Waals surface area contributed by atoms with Gasteiger partial charge in [0.15, 0.2) is 5.60 Å². The Hall–Kier alpha value is -0.570. The summed E-state index contributed by atoms with van der Waals surface area (Å²) in [6.45, 7) is 2.63. The third-order valence-corrected chi connectivity index (χ3v) is 2.23.